The maximum absolute atomic E-state index is 12.0. The van der Waals surface area contributed by atoms with Crippen molar-refractivity contribution in [2.45, 2.75) is 58.3 Å². The van der Waals surface area contributed by atoms with Crippen LogP contribution in [0.15, 0.2) is 23.3 Å². The first kappa shape index (κ1) is 22.8. The van der Waals surface area contributed by atoms with Gasteiger partial charge in [0.05, 0.1) is 0 Å². The van der Waals surface area contributed by atoms with Crippen molar-refractivity contribution in [3.05, 3.63) is 23.3 Å². The molecule has 0 saturated heterocycles. The summed E-state index contributed by atoms with van der Waals surface area (Å²) in [5, 5.41) is -1.55. The van der Waals surface area contributed by atoms with Crippen molar-refractivity contribution >= 4 is 15.0 Å². The lowest BCUT2D eigenvalue weighted by Gasteiger charge is -2.23. The first-order valence-electron chi connectivity index (χ1n) is 7.65. The summed E-state index contributed by atoms with van der Waals surface area (Å²) in [6.07, 6.45) is 6.63. The van der Waals surface area contributed by atoms with Gasteiger partial charge in [0.2, 0.25) is 7.37 Å². The highest BCUT2D eigenvalue weighted by Crippen LogP contribution is 2.63. The Balaban J connectivity index is 4.52. The molecule has 0 bridgehead atoms. The molecule has 0 aromatic rings. The molecule has 136 valence electrons. The molecule has 3 N–H and O–H groups in total. The van der Waals surface area contributed by atoms with E-state index < -0.39 is 26.7 Å². The quantitative estimate of drug-likeness (QED) is 0.286. The minimum atomic E-state index is -4.64. The number of allylic oxidation sites excluding steroid dienone is 4. The van der Waals surface area contributed by atoms with Crippen LogP contribution in [0.2, 0.25) is 0 Å². The number of ether oxygens (including phenoxy) is 1. The van der Waals surface area contributed by atoms with E-state index in [2.05, 4.69) is 24.7 Å². The van der Waals surface area contributed by atoms with Gasteiger partial charge in [0.1, 0.15) is 11.7 Å². The van der Waals surface area contributed by atoms with Crippen LogP contribution < -0.4 is 0 Å². The molecule has 0 fully saturated rings. The molecule has 0 aromatic heterocycles. The summed E-state index contributed by atoms with van der Waals surface area (Å²) in [5.74, 6) is 0. The van der Waals surface area contributed by atoms with Crippen molar-refractivity contribution < 1.29 is 28.5 Å². The number of hydrogen-bond donors (Lipinski definition) is 3. The summed E-state index contributed by atoms with van der Waals surface area (Å²) >= 11 is 0. The van der Waals surface area contributed by atoms with Crippen molar-refractivity contribution in [1.29, 1.82) is 0 Å². The third kappa shape index (κ3) is 10.3. The van der Waals surface area contributed by atoms with Crippen LogP contribution in [0.1, 0.15) is 52.9 Å². The van der Waals surface area contributed by atoms with Crippen LogP contribution in [0.4, 0.5) is 0 Å². The van der Waals surface area contributed by atoms with E-state index in [1.165, 1.54) is 18.3 Å². The average molecular weight is 368 g/mol. The fourth-order valence-corrected chi connectivity index (χ4v) is 5.94. The Morgan fingerprint density at radius 3 is 2.17 bits per heavy atom. The van der Waals surface area contributed by atoms with Crippen LogP contribution in [0.25, 0.3) is 0 Å². The highest BCUT2D eigenvalue weighted by Gasteiger charge is 2.43. The van der Waals surface area contributed by atoms with Crippen LogP contribution in [-0.4, -0.2) is 33.5 Å². The zero-order valence-corrected chi connectivity index (χ0v) is 16.2. The van der Waals surface area contributed by atoms with Gasteiger partial charge in [-0.2, -0.15) is 0 Å². The molecule has 0 spiro atoms. The Bertz CT molecular complexity index is 502. The maximum atomic E-state index is 12.0. The summed E-state index contributed by atoms with van der Waals surface area (Å²) in [4.78, 5) is 28.4. The zero-order valence-electron chi connectivity index (χ0n) is 14.4. The van der Waals surface area contributed by atoms with Gasteiger partial charge in [-0.1, -0.05) is 23.3 Å². The van der Waals surface area contributed by atoms with Crippen molar-refractivity contribution in [3.8, 4) is 0 Å². The molecule has 0 amide bonds. The second-order valence-corrected chi connectivity index (χ2v) is 10.6. The third-order valence-corrected chi connectivity index (χ3v) is 8.26. The lowest BCUT2D eigenvalue weighted by Crippen LogP contribution is -2.12. The molecule has 8 heteroatoms. The number of hydrogen-bond acceptors (Lipinski definition) is 3. The van der Waals surface area contributed by atoms with Gasteiger partial charge < -0.3 is 19.4 Å². The second-order valence-electron chi connectivity index (χ2n) is 6.04. The Morgan fingerprint density at radius 1 is 1.09 bits per heavy atom. The maximum Gasteiger partial charge on any atom is 0.338 e. The molecule has 6 nitrogen and oxygen atoms in total. The predicted molar refractivity (Wildman–Crippen MR) is 93.8 cm³/mol. The van der Waals surface area contributed by atoms with E-state index in [1.807, 2.05) is 13.0 Å². The smallest absolute Gasteiger partial charge is 0.338 e. The first-order valence-corrected chi connectivity index (χ1v) is 11.2. The topological polar surface area (TPSA) is 104 Å². The van der Waals surface area contributed by atoms with Crippen LogP contribution in [0, 0.1) is 0 Å². The van der Waals surface area contributed by atoms with Gasteiger partial charge in [-0.15, -0.1) is 0 Å². The first-order chi connectivity index (χ1) is 10.5. The van der Waals surface area contributed by atoms with Gasteiger partial charge in [0, 0.05) is 7.11 Å². The summed E-state index contributed by atoms with van der Waals surface area (Å²) in [6.45, 7) is 6.12. The van der Waals surface area contributed by atoms with Crippen molar-refractivity contribution in [2.24, 2.45) is 0 Å². The van der Waals surface area contributed by atoms with Crippen LogP contribution in [0.5, 0.6) is 0 Å². The molecule has 23 heavy (non-hydrogen) atoms. The van der Waals surface area contributed by atoms with Gasteiger partial charge >= 0.3 is 7.60 Å². The van der Waals surface area contributed by atoms with Gasteiger partial charge in [0.25, 0.3) is 0 Å². The standard InChI is InChI=1S/C15H30O6P2/c1-13(2)8-7-10-14(3)9-5-6-11-15(23(18,19)20)22(16,17)12-21-4/h8-9,15H,5-7,10-12H2,1-4H3,(H,16,17)(H2,18,19,20)/b14-9+. The van der Waals surface area contributed by atoms with Gasteiger partial charge in [-0.25, -0.2) is 0 Å². The molecule has 0 aliphatic rings. The number of unbranched alkanes of at least 4 members (excludes halogenated alkanes) is 1. The average Bonchev–Trinajstić information content (AvgIpc) is 2.35. The van der Waals surface area contributed by atoms with Crippen LogP contribution in [0.3, 0.4) is 0 Å². The minimum absolute atomic E-state index is 0.000827. The summed E-state index contributed by atoms with van der Waals surface area (Å²) in [6, 6.07) is 0. The molecule has 2 unspecified atom stereocenters. The van der Waals surface area contributed by atoms with E-state index in [0.29, 0.717) is 12.8 Å². The second kappa shape index (κ2) is 10.6. The Hall–Kier alpha value is -0.220. The summed E-state index contributed by atoms with van der Waals surface area (Å²) in [7, 11) is -7.44. The third-order valence-electron chi connectivity index (χ3n) is 3.42. The van der Waals surface area contributed by atoms with E-state index >= 15 is 0 Å². The molecule has 0 aliphatic heterocycles. The van der Waals surface area contributed by atoms with Crippen molar-refractivity contribution in [1.82, 2.24) is 0 Å². The normalized spacial score (nSPS) is 16.7. The molecular formula is C15H30O6P2. The van der Waals surface area contributed by atoms with E-state index in [1.54, 1.807) is 0 Å². The van der Waals surface area contributed by atoms with Crippen molar-refractivity contribution in [2.75, 3.05) is 13.5 Å². The van der Waals surface area contributed by atoms with E-state index in [-0.39, 0.29) is 6.42 Å². The highest BCUT2D eigenvalue weighted by atomic mass is 31.2. The Morgan fingerprint density at radius 2 is 1.70 bits per heavy atom. The molecule has 0 rings (SSSR count). The molecule has 0 aliphatic carbocycles. The summed E-state index contributed by atoms with van der Waals surface area (Å²) in [5.41, 5.74) is 2.48. The van der Waals surface area contributed by atoms with Crippen LogP contribution >= 0.6 is 15.0 Å². The zero-order chi connectivity index (χ0) is 18.1. The fourth-order valence-electron chi connectivity index (χ4n) is 2.22. The molecule has 0 heterocycles. The largest absolute Gasteiger partial charge is 0.375 e. The van der Waals surface area contributed by atoms with Gasteiger partial charge in [0.15, 0.2) is 0 Å². The lowest BCUT2D eigenvalue weighted by molar-refractivity contribution is 0.235. The van der Waals surface area contributed by atoms with E-state index in [4.69, 9.17) is 0 Å². The Kier molecular flexibility index (Phi) is 10.5. The van der Waals surface area contributed by atoms with Gasteiger partial charge in [-0.05, 0) is 52.9 Å². The SMILES string of the molecule is COCP(=O)(O)C(CCC/C=C(\C)CCC=C(C)C)P(=O)(O)O. The lowest BCUT2D eigenvalue weighted by atomic mass is 10.1. The van der Waals surface area contributed by atoms with Crippen molar-refractivity contribution in [3.63, 3.8) is 0 Å². The minimum Gasteiger partial charge on any atom is -0.375 e. The molecular weight excluding hydrogens is 338 g/mol. The molecule has 0 saturated carbocycles. The highest BCUT2D eigenvalue weighted by molar-refractivity contribution is 7.73. The molecule has 2 atom stereocenters. The number of rotatable bonds is 11. The van der Waals surface area contributed by atoms with E-state index in [0.717, 1.165) is 12.8 Å². The van der Waals surface area contributed by atoms with E-state index in [9.17, 15) is 23.8 Å². The van der Waals surface area contributed by atoms with Crippen LogP contribution in [-0.2, 0) is 13.9 Å². The fraction of sp³-hybridized carbons (Fsp3) is 0.733. The summed E-state index contributed by atoms with van der Waals surface area (Å²) < 4.78 is 28.1. The number of methoxy groups -OCH3 is 1. The molecule has 0 aromatic carbocycles. The Labute approximate surface area is 139 Å². The van der Waals surface area contributed by atoms with Gasteiger partial charge in [-0.3, -0.25) is 9.13 Å². The monoisotopic (exact) mass is 368 g/mol. The predicted octanol–water partition coefficient (Wildman–Crippen LogP) is 4.23. The molecule has 0 radical (unpaired) electrons.